The second-order valence-electron chi connectivity index (χ2n) is 4.38. The molecule has 1 aromatic carbocycles. The normalized spacial score (nSPS) is 12.3. The van der Waals surface area contributed by atoms with Gasteiger partial charge in [0.2, 0.25) is 0 Å². The molecule has 0 aliphatic carbocycles. The molecule has 2 aromatic rings. The van der Waals surface area contributed by atoms with Crippen LogP contribution in [0, 0.1) is 0 Å². The molecule has 0 aliphatic heterocycles. The van der Waals surface area contributed by atoms with E-state index in [0.29, 0.717) is 18.9 Å². The van der Waals surface area contributed by atoms with Crippen LogP contribution in [0.1, 0.15) is 5.82 Å². The van der Waals surface area contributed by atoms with E-state index in [0.717, 1.165) is 10.2 Å². The van der Waals surface area contributed by atoms with Crippen LogP contribution in [0.5, 0.6) is 5.75 Å². The zero-order valence-corrected chi connectivity index (χ0v) is 12.7. The highest BCUT2D eigenvalue weighted by Crippen LogP contribution is 2.16. The van der Waals surface area contributed by atoms with Crippen molar-refractivity contribution in [1.82, 2.24) is 20.1 Å². The molecule has 0 saturated heterocycles. The Hall–Kier alpha value is -1.44. The Labute approximate surface area is 125 Å². The number of hydrogen-bond acceptors (Lipinski definition) is 5. The maximum atomic E-state index is 9.81. The summed E-state index contributed by atoms with van der Waals surface area (Å²) in [6.45, 7) is 1.19. The summed E-state index contributed by atoms with van der Waals surface area (Å²) in [6.07, 6.45) is 1.06. The van der Waals surface area contributed by atoms with Gasteiger partial charge in [-0.25, -0.2) is 4.98 Å². The fourth-order valence-corrected chi connectivity index (χ4v) is 1.86. The van der Waals surface area contributed by atoms with Crippen molar-refractivity contribution in [2.24, 2.45) is 7.05 Å². The molecule has 2 N–H and O–H groups in total. The fourth-order valence-electron chi connectivity index (χ4n) is 1.60. The third kappa shape index (κ3) is 4.92. The van der Waals surface area contributed by atoms with Crippen LogP contribution in [0.25, 0.3) is 0 Å². The molecule has 0 fully saturated rings. The smallest absolute Gasteiger partial charge is 0.164 e. The van der Waals surface area contributed by atoms with Crippen molar-refractivity contribution in [3.05, 3.63) is 40.9 Å². The maximum absolute atomic E-state index is 9.81. The Balaban J connectivity index is 1.65. The first kappa shape index (κ1) is 15.0. The summed E-state index contributed by atoms with van der Waals surface area (Å²) in [7, 11) is 1.82. The number of aliphatic hydroxyl groups is 1. The molecule has 0 radical (unpaired) electrons. The molecule has 6 nitrogen and oxygen atoms in total. The minimum Gasteiger partial charge on any atom is -0.491 e. The SMILES string of the molecule is Cn1cnc(CNCC(O)COc2ccc(Br)cc2)n1. The molecule has 0 saturated carbocycles. The predicted octanol–water partition coefficient (Wildman–Crippen LogP) is 1.11. The standard InChI is InChI=1S/C13H17BrN4O2/c1-18-9-16-13(17-18)7-15-6-11(19)8-20-12-4-2-10(14)3-5-12/h2-5,9,11,15,19H,6-8H2,1H3. The summed E-state index contributed by atoms with van der Waals surface area (Å²) in [5.41, 5.74) is 0. The molecule has 7 heteroatoms. The van der Waals surface area contributed by atoms with Gasteiger partial charge in [0.15, 0.2) is 5.82 Å². The molecule has 1 unspecified atom stereocenters. The van der Waals surface area contributed by atoms with Crippen LogP contribution in [0.4, 0.5) is 0 Å². The minimum absolute atomic E-state index is 0.240. The van der Waals surface area contributed by atoms with Crippen molar-refractivity contribution in [1.29, 1.82) is 0 Å². The summed E-state index contributed by atoms with van der Waals surface area (Å²) >= 11 is 3.36. The van der Waals surface area contributed by atoms with E-state index in [-0.39, 0.29) is 6.61 Å². The molecule has 0 spiro atoms. The topological polar surface area (TPSA) is 72.2 Å². The van der Waals surface area contributed by atoms with Crippen molar-refractivity contribution in [3.63, 3.8) is 0 Å². The number of benzene rings is 1. The van der Waals surface area contributed by atoms with Gasteiger partial charge in [0.25, 0.3) is 0 Å². The number of ether oxygens (including phenoxy) is 1. The fraction of sp³-hybridized carbons (Fsp3) is 0.385. The largest absolute Gasteiger partial charge is 0.491 e. The van der Waals surface area contributed by atoms with Crippen molar-refractivity contribution in [2.45, 2.75) is 12.6 Å². The lowest BCUT2D eigenvalue weighted by Gasteiger charge is -2.12. The first-order chi connectivity index (χ1) is 9.63. The summed E-state index contributed by atoms with van der Waals surface area (Å²) in [4.78, 5) is 4.09. The van der Waals surface area contributed by atoms with E-state index in [1.165, 1.54) is 0 Å². The molecule has 108 valence electrons. The van der Waals surface area contributed by atoms with E-state index in [4.69, 9.17) is 4.74 Å². The highest BCUT2D eigenvalue weighted by Gasteiger charge is 2.06. The molecule has 1 aromatic heterocycles. The van der Waals surface area contributed by atoms with Gasteiger partial charge in [-0.2, -0.15) is 5.10 Å². The van der Waals surface area contributed by atoms with E-state index in [1.807, 2.05) is 31.3 Å². The van der Waals surface area contributed by atoms with Gasteiger partial charge in [-0.15, -0.1) is 0 Å². The predicted molar refractivity (Wildman–Crippen MR) is 78.4 cm³/mol. The summed E-state index contributed by atoms with van der Waals surface area (Å²) in [5, 5.41) is 17.0. The third-order valence-electron chi connectivity index (χ3n) is 2.57. The van der Waals surface area contributed by atoms with E-state index >= 15 is 0 Å². The number of rotatable bonds is 7. The van der Waals surface area contributed by atoms with Crippen LogP contribution < -0.4 is 10.1 Å². The van der Waals surface area contributed by atoms with Gasteiger partial charge >= 0.3 is 0 Å². The van der Waals surface area contributed by atoms with Gasteiger partial charge in [0.05, 0.1) is 6.54 Å². The quantitative estimate of drug-likeness (QED) is 0.789. The Kier molecular flexibility index (Phi) is 5.51. The Morgan fingerprint density at radius 3 is 2.80 bits per heavy atom. The molecule has 0 amide bonds. The molecule has 1 atom stereocenters. The number of nitrogens with zero attached hydrogens (tertiary/aromatic N) is 3. The van der Waals surface area contributed by atoms with Crippen molar-refractivity contribution in [2.75, 3.05) is 13.2 Å². The third-order valence-corrected chi connectivity index (χ3v) is 3.09. The first-order valence-corrected chi connectivity index (χ1v) is 7.04. The van der Waals surface area contributed by atoms with Crippen LogP contribution >= 0.6 is 15.9 Å². The highest BCUT2D eigenvalue weighted by atomic mass is 79.9. The van der Waals surface area contributed by atoms with Crippen LogP contribution in [0.2, 0.25) is 0 Å². The van der Waals surface area contributed by atoms with Gasteiger partial charge in [-0.1, -0.05) is 15.9 Å². The van der Waals surface area contributed by atoms with Gasteiger partial charge in [-0.05, 0) is 24.3 Å². The van der Waals surface area contributed by atoms with Gasteiger partial charge in [0, 0.05) is 18.1 Å². The maximum Gasteiger partial charge on any atom is 0.164 e. The highest BCUT2D eigenvalue weighted by molar-refractivity contribution is 9.10. The number of aliphatic hydroxyl groups excluding tert-OH is 1. The van der Waals surface area contributed by atoms with E-state index in [9.17, 15) is 5.11 Å². The van der Waals surface area contributed by atoms with Crippen LogP contribution in [0.3, 0.4) is 0 Å². The number of aryl methyl sites for hydroxylation is 1. The average molecular weight is 341 g/mol. The van der Waals surface area contributed by atoms with Crippen molar-refractivity contribution in [3.8, 4) is 5.75 Å². The summed E-state index contributed by atoms with van der Waals surface area (Å²) in [5.74, 6) is 1.44. The summed E-state index contributed by atoms with van der Waals surface area (Å²) < 4.78 is 8.12. The van der Waals surface area contributed by atoms with Crippen LogP contribution in [-0.2, 0) is 13.6 Å². The number of halogens is 1. The minimum atomic E-state index is -0.581. The molecule has 0 aliphatic rings. The second kappa shape index (κ2) is 7.37. The lowest BCUT2D eigenvalue weighted by molar-refractivity contribution is 0.106. The summed E-state index contributed by atoms with van der Waals surface area (Å²) in [6, 6.07) is 7.49. The number of aromatic nitrogens is 3. The van der Waals surface area contributed by atoms with Crippen molar-refractivity contribution >= 4 is 15.9 Å². The lowest BCUT2D eigenvalue weighted by atomic mass is 10.3. The Bertz CT molecular complexity index is 529. The van der Waals surface area contributed by atoms with E-state index < -0.39 is 6.10 Å². The zero-order valence-electron chi connectivity index (χ0n) is 11.2. The second-order valence-corrected chi connectivity index (χ2v) is 5.30. The van der Waals surface area contributed by atoms with Gasteiger partial charge in [-0.3, -0.25) is 4.68 Å². The molecular formula is C13H17BrN4O2. The van der Waals surface area contributed by atoms with Crippen LogP contribution in [-0.4, -0.2) is 39.1 Å². The average Bonchev–Trinajstić information content (AvgIpc) is 2.84. The van der Waals surface area contributed by atoms with Gasteiger partial charge < -0.3 is 15.2 Å². The molecule has 0 bridgehead atoms. The number of nitrogens with one attached hydrogen (secondary N) is 1. The van der Waals surface area contributed by atoms with E-state index in [2.05, 4.69) is 31.3 Å². The van der Waals surface area contributed by atoms with Crippen molar-refractivity contribution < 1.29 is 9.84 Å². The van der Waals surface area contributed by atoms with E-state index in [1.54, 1.807) is 11.0 Å². The Morgan fingerprint density at radius 2 is 2.15 bits per heavy atom. The Morgan fingerprint density at radius 1 is 1.40 bits per heavy atom. The monoisotopic (exact) mass is 340 g/mol. The number of hydrogen-bond donors (Lipinski definition) is 2. The molecule has 20 heavy (non-hydrogen) atoms. The lowest BCUT2D eigenvalue weighted by Crippen LogP contribution is -2.31. The molecular weight excluding hydrogens is 324 g/mol. The van der Waals surface area contributed by atoms with Crippen LogP contribution in [0.15, 0.2) is 35.1 Å². The first-order valence-electron chi connectivity index (χ1n) is 6.25. The molecule has 2 rings (SSSR count). The zero-order chi connectivity index (χ0) is 14.4. The molecule has 1 heterocycles. The van der Waals surface area contributed by atoms with Gasteiger partial charge in [0.1, 0.15) is 24.8 Å².